The number of carbonyl (C=O) groups excluding carboxylic acids is 1. The van der Waals surface area contributed by atoms with Crippen LogP contribution in [0.15, 0.2) is 78.4 Å². The van der Waals surface area contributed by atoms with Crippen LogP contribution in [0.5, 0.6) is 17.2 Å². The van der Waals surface area contributed by atoms with Crippen molar-refractivity contribution < 1.29 is 19.0 Å². The van der Waals surface area contributed by atoms with Gasteiger partial charge in [-0.15, -0.1) is 0 Å². The van der Waals surface area contributed by atoms with Gasteiger partial charge in [-0.05, 0) is 62.4 Å². The Morgan fingerprint density at radius 1 is 0.927 bits per heavy atom. The lowest BCUT2D eigenvalue weighted by atomic mass is 9.95. The minimum atomic E-state index is -0.0513. The van der Waals surface area contributed by atoms with Crippen molar-refractivity contribution in [2.75, 3.05) is 47.5 Å². The van der Waals surface area contributed by atoms with Crippen molar-refractivity contribution in [2.45, 2.75) is 45.1 Å². The number of piperidine rings is 1. The molecule has 218 valence electrons. The topological polar surface area (TPSA) is 51.2 Å². The zero-order chi connectivity index (χ0) is 29.0. The molecule has 1 unspecified atom stereocenters. The molecule has 0 N–H and O–H groups in total. The molecule has 1 amide bonds. The van der Waals surface area contributed by atoms with E-state index in [1.54, 1.807) is 33.5 Å². The van der Waals surface area contributed by atoms with Gasteiger partial charge in [0.15, 0.2) is 11.5 Å². The summed E-state index contributed by atoms with van der Waals surface area (Å²) >= 11 is 0. The molecule has 0 bridgehead atoms. The fourth-order valence-corrected chi connectivity index (χ4v) is 5.76. The van der Waals surface area contributed by atoms with Gasteiger partial charge in [-0.1, -0.05) is 78.7 Å². The van der Waals surface area contributed by atoms with E-state index in [0.29, 0.717) is 41.9 Å². The molecule has 3 aromatic rings. The zero-order valence-corrected chi connectivity index (χ0v) is 25.0. The number of carbonyl (C=O) groups is 1. The van der Waals surface area contributed by atoms with Crippen LogP contribution < -0.4 is 14.2 Å². The number of likely N-dealkylation sites (tertiary alicyclic amines) is 1. The second kappa shape index (κ2) is 15.3. The first-order chi connectivity index (χ1) is 20.0. The summed E-state index contributed by atoms with van der Waals surface area (Å²) in [7, 11) is 4.71. The van der Waals surface area contributed by atoms with Crippen LogP contribution in [0.25, 0.3) is 6.08 Å². The van der Waals surface area contributed by atoms with Gasteiger partial charge in [0.25, 0.3) is 5.91 Å². The Labute approximate surface area is 245 Å². The highest BCUT2D eigenvalue weighted by atomic mass is 16.5. The Kier molecular flexibility index (Phi) is 11.3. The third-order valence-corrected chi connectivity index (χ3v) is 7.79. The molecule has 6 nitrogen and oxygen atoms in total. The van der Waals surface area contributed by atoms with E-state index in [0.717, 1.165) is 37.1 Å². The van der Waals surface area contributed by atoms with Gasteiger partial charge in [0, 0.05) is 31.2 Å². The Morgan fingerprint density at radius 3 is 2.22 bits per heavy atom. The van der Waals surface area contributed by atoms with Crippen molar-refractivity contribution in [1.82, 2.24) is 9.80 Å². The van der Waals surface area contributed by atoms with E-state index in [-0.39, 0.29) is 5.91 Å². The summed E-state index contributed by atoms with van der Waals surface area (Å²) in [6, 6.07) is 25.1. The van der Waals surface area contributed by atoms with Crippen molar-refractivity contribution in [3.05, 3.63) is 95.1 Å². The maximum Gasteiger partial charge on any atom is 0.254 e. The Morgan fingerprint density at radius 2 is 1.59 bits per heavy atom. The van der Waals surface area contributed by atoms with Crippen molar-refractivity contribution in [3.63, 3.8) is 0 Å². The Balaban J connectivity index is 1.51. The van der Waals surface area contributed by atoms with Crippen molar-refractivity contribution >= 4 is 12.0 Å². The van der Waals surface area contributed by atoms with E-state index in [9.17, 15) is 4.79 Å². The molecule has 0 saturated carbocycles. The van der Waals surface area contributed by atoms with Crippen LogP contribution in [0, 0.1) is 0 Å². The van der Waals surface area contributed by atoms with Crippen LogP contribution in [0.1, 0.15) is 54.1 Å². The number of amides is 1. The third-order valence-electron chi connectivity index (χ3n) is 7.79. The van der Waals surface area contributed by atoms with Crippen LogP contribution in [-0.2, 0) is 6.42 Å². The molecule has 0 radical (unpaired) electrons. The molecule has 3 aromatic carbocycles. The van der Waals surface area contributed by atoms with E-state index in [4.69, 9.17) is 14.2 Å². The molecule has 0 aliphatic carbocycles. The van der Waals surface area contributed by atoms with Gasteiger partial charge in [0.1, 0.15) is 0 Å². The number of hydrogen-bond donors (Lipinski definition) is 0. The van der Waals surface area contributed by atoms with E-state index in [1.165, 1.54) is 24.8 Å². The van der Waals surface area contributed by atoms with Gasteiger partial charge in [-0.25, -0.2) is 0 Å². The Hall–Kier alpha value is -3.77. The van der Waals surface area contributed by atoms with E-state index >= 15 is 0 Å². The highest BCUT2D eigenvalue weighted by Crippen LogP contribution is 2.38. The maximum absolute atomic E-state index is 14.0. The molecule has 6 heteroatoms. The summed E-state index contributed by atoms with van der Waals surface area (Å²) in [5, 5.41) is 0. The molecule has 0 aromatic heterocycles. The SMILES string of the molecule is COc1cc(C(=O)N(CCCN2CCCCC2Cc2ccccc2)C/C(C)=C\c2ccccc2)cc(OC)c1OC. The average molecular weight is 557 g/mol. The number of ether oxygens (including phenoxy) is 3. The van der Waals surface area contributed by atoms with Crippen molar-refractivity contribution in [1.29, 1.82) is 0 Å². The largest absolute Gasteiger partial charge is 0.493 e. The summed E-state index contributed by atoms with van der Waals surface area (Å²) in [5.74, 6) is 1.38. The lowest BCUT2D eigenvalue weighted by molar-refractivity contribution is 0.0751. The summed E-state index contributed by atoms with van der Waals surface area (Å²) in [6.07, 6.45) is 7.87. The fourth-order valence-electron chi connectivity index (χ4n) is 5.76. The summed E-state index contributed by atoms with van der Waals surface area (Å²) in [4.78, 5) is 18.6. The van der Waals surface area contributed by atoms with Crippen LogP contribution >= 0.6 is 0 Å². The van der Waals surface area contributed by atoms with Crippen molar-refractivity contribution in [2.24, 2.45) is 0 Å². The molecule has 41 heavy (non-hydrogen) atoms. The smallest absolute Gasteiger partial charge is 0.254 e. The molecule has 1 aliphatic heterocycles. The normalized spacial score (nSPS) is 15.8. The predicted molar refractivity (Wildman–Crippen MR) is 166 cm³/mol. The summed E-state index contributed by atoms with van der Waals surface area (Å²) < 4.78 is 16.6. The fraction of sp³-hybridized carbons (Fsp3) is 0.400. The van der Waals surface area contributed by atoms with Gasteiger partial charge in [0.05, 0.1) is 21.3 Å². The van der Waals surface area contributed by atoms with Crippen LogP contribution in [0.4, 0.5) is 0 Å². The summed E-state index contributed by atoms with van der Waals surface area (Å²) in [5.41, 5.74) is 4.16. The number of benzene rings is 3. The zero-order valence-electron chi connectivity index (χ0n) is 25.0. The molecule has 1 atom stereocenters. The van der Waals surface area contributed by atoms with E-state index in [1.807, 2.05) is 23.1 Å². The monoisotopic (exact) mass is 556 g/mol. The first-order valence-corrected chi connectivity index (χ1v) is 14.6. The number of nitrogens with zero attached hydrogens (tertiary/aromatic N) is 2. The van der Waals surface area contributed by atoms with E-state index < -0.39 is 0 Å². The van der Waals surface area contributed by atoms with Crippen LogP contribution in [-0.4, -0.2) is 69.3 Å². The van der Waals surface area contributed by atoms with Gasteiger partial charge in [-0.2, -0.15) is 0 Å². The van der Waals surface area contributed by atoms with Gasteiger partial charge in [0.2, 0.25) is 5.75 Å². The quantitative estimate of drug-likeness (QED) is 0.233. The highest BCUT2D eigenvalue weighted by molar-refractivity contribution is 5.96. The van der Waals surface area contributed by atoms with Gasteiger partial charge >= 0.3 is 0 Å². The second-order valence-corrected chi connectivity index (χ2v) is 10.8. The summed E-state index contributed by atoms with van der Waals surface area (Å²) in [6.45, 7) is 5.37. The molecule has 4 rings (SSSR count). The second-order valence-electron chi connectivity index (χ2n) is 10.8. The molecule has 1 heterocycles. The first-order valence-electron chi connectivity index (χ1n) is 14.6. The number of hydrogen-bond acceptors (Lipinski definition) is 5. The minimum absolute atomic E-state index is 0.0513. The highest BCUT2D eigenvalue weighted by Gasteiger charge is 2.24. The third kappa shape index (κ3) is 8.37. The Bertz CT molecular complexity index is 1250. The molecular weight excluding hydrogens is 512 g/mol. The average Bonchev–Trinajstić information content (AvgIpc) is 3.01. The van der Waals surface area contributed by atoms with Crippen molar-refractivity contribution in [3.8, 4) is 17.2 Å². The maximum atomic E-state index is 14.0. The van der Waals surface area contributed by atoms with Crippen LogP contribution in [0.2, 0.25) is 0 Å². The number of rotatable bonds is 13. The van der Waals surface area contributed by atoms with E-state index in [2.05, 4.69) is 60.4 Å². The molecule has 1 aliphatic rings. The minimum Gasteiger partial charge on any atom is -0.493 e. The van der Waals surface area contributed by atoms with Gasteiger partial charge < -0.3 is 19.1 Å². The molecular formula is C35H44N2O4. The molecule has 0 spiro atoms. The lowest BCUT2D eigenvalue weighted by Gasteiger charge is -2.36. The molecule has 1 saturated heterocycles. The molecule has 1 fully saturated rings. The lowest BCUT2D eigenvalue weighted by Crippen LogP contribution is -2.43. The standard InChI is InChI=1S/C35H44N2O4/c1-27(22-28-14-7-5-8-15-28)26-37(35(38)30-24-32(39-2)34(41-4)33(25-30)40-3)21-13-20-36-19-12-11-18-31(36)23-29-16-9-6-10-17-29/h5-10,14-17,22,24-25,31H,11-13,18-21,23,26H2,1-4H3/b27-22-. The number of methoxy groups -OCH3 is 3. The first kappa shape index (κ1) is 30.2. The van der Waals surface area contributed by atoms with Gasteiger partial charge in [-0.3, -0.25) is 9.69 Å². The predicted octanol–water partition coefficient (Wildman–Crippen LogP) is 6.75. The van der Waals surface area contributed by atoms with Crippen LogP contribution in [0.3, 0.4) is 0 Å².